The van der Waals surface area contributed by atoms with Gasteiger partial charge in [-0.3, -0.25) is 9.98 Å². The number of rotatable bonds is 4. The minimum Gasteiger partial charge on any atom is -0.256 e. The lowest BCUT2D eigenvalue weighted by atomic mass is 9.99. The summed E-state index contributed by atoms with van der Waals surface area (Å²) < 4.78 is 0. The van der Waals surface area contributed by atoms with Gasteiger partial charge in [0, 0.05) is 23.5 Å². The van der Waals surface area contributed by atoms with E-state index < -0.39 is 0 Å². The van der Waals surface area contributed by atoms with E-state index in [9.17, 15) is 0 Å². The van der Waals surface area contributed by atoms with E-state index in [4.69, 9.17) is 0 Å². The van der Waals surface area contributed by atoms with Crippen molar-refractivity contribution in [3.05, 3.63) is 109 Å². The number of para-hydroxylation sites is 1. The summed E-state index contributed by atoms with van der Waals surface area (Å²) in [7, 11) is 0. The molecule has 2 heteroatoms. The molecule has 0 radical (unpaired) electrons. The van der Waals surface area contributed by atoms with Crippen LogP contribution in [0.5, 0.6) is 0 Å². The molecule has 1 heterocycles. The molecule has 0 fully saturated rings. The van der Waals surface area contributed by atoms with Crippen LogP contribution < -0.4 is 0 Å². The van der Waals surface area contributed by atoms with Crippen molar-refractivity contribution >= 4 is 11.9 Å². The van der Waals surface area contributed by atoms with Gasteiger partial charge in [-0.25, -0.2) is 0 Å². The van der Waals surface area contributed by atoms with Crippen molar-refractivity contribution in [2.24, 2.45) is 4.99 Å². The van der Waals surface area contributed by atoms with Gasteiger partial charge in [0.25, 0.3) is 0 Å². The molecule has 3 aromatic carbocycles. The zero-order chi connectivity index (χ0) is 17.6. The highest BCUT2D eigenvalue weighted by Crippen LogP contribution is 2.27. The van der Waals surface area contributed by atoms with E-state index in [0.717, 1.165) is 33.6 Å². The molecule has 1 aromatic heterocycles. The second kappa shape index (κ2) is 7.58. The second-order valence-electron chi connectivity index (χ2n) is 5.98. The molecule has 4 rings (SSSR count). The van der Waals surface area contributed by atoms with Gasteiger partial charge in [0.05, 0.1) is 11.4 Å². The number of aromatic nitrogens is 1. The zero-order valence-corrected chi connectivity index (χ0v) is 14.3. The first-order valence-corrected chi connectivity index (χ1v) is 8.60. The molecule has 0 saturated heterocycles. The number of aliphatic imine (C=N–C) groups is 1. The maximum Gasteiger partial charge on any atom is 0.0708 e. The van der Waals surface area contributed by atoms with Gasteiger partial charge in [0.1, 0.15) is 0 Å². The Morgan fingerprint density at radius 1 is 0.654 bits per heavy atom. The summed E-state index contributed by atoms with van der Waals surface area (Å²) in [6.07, 6.45) is 3.79. The fourth-order valence-electron chi connectivity index (χ4n) is 2.86. The maximum atomic E-state index is 4.66. The number of nitrogens with zero attached hydrogens (tertiary/aromatic N) is 2. The minimum absolute atomic E-state index is 0.929. The van der Waals surface area contributed by atoms with Crippen LogP contribution in [0.4, 0.5) is 5.69 Å². The van der Waals surface area contributed by atoms with Crippen LogP contribution in [0.15, 0.2) is 108 Å². The highest BCUT2D eigenvalue weighted by atomic mass is 14.7. The van der Waals surface area contributed by atoms with Gasteiger partial charge in [-0.05, 0) is 29.3 Å². The number of pyridine rings is 1. The molecule has 0 aliphatic heterocycles. The lowest BCUT2D eigenvalue weighted by Crippen LogP contribution is -1.93. The van der Waals surface area contributed by atoms with E-state index in [1.807, 2.05) is 67.0 Å². The molecule has 26 heavy (non-hydrogen) atoms. The Bertz CT molecular complexity index is 1010. The highest BCUT2D eigenvalue weighted by molar-refractivity contribution is 5.92. The Morgan fingerprint density at radius 3 is 1.88 bits per heavy atom. The first-order valence-electron chi connectivity index (χ1n) is 8.60. The summed E-state index contributed by atoms with van der Waals surface area (Å²) in [5.41, 5.74) is 6.27. The third-order valence-corrected chi connectivity index (χ3v) is 4.20. The quantitative estimate of drug-likeness (QED) is 0.410. The van der Waals surface area contributed by atoms with Crippen LogP contribution in [0.2, 0.25) is 0 Å². The SMILES string of the molecule is C(=Nc1ccccc1)c1cnc(-c2ccccc2)cc1-c1ccccc1. The van der Waals surface area contributed by atoms with Gasteiger partial charge in [-0.2, -0.15) is 0 Å². The normalized spacial score (nSPS) is 10.9. The van der Waals surface area contributed by atoms with Crippen molar-refractivity contribution in [3.8, 4) is 22.4 Å². The number of hydrogen-bond donors (Lipinski definition) is 0. The van der Waals surface area contributed by atoms with Crippen LogP contribution in [0.3, 0.4) is 0 Å². The molecule has 124 valence electrons. The lowest BCUT2D eigenvalue weighted by Gasteiger charge is -2.09. The number of hydrogen-bond acceptors (Lipinski definition) is 2. The van der Waals surface area contributed by atoms with Crippen molar-refractivity contribution in [1.82, 2.24) is 4.98 Å². The monoisotopic (exact) mass is 334 g/mol. The van der Waals surface area contributed by atoms with Crippen molar-refractivity contribution < 1.29 is 0 Å². The topological polar surface area (TPSA) is 25.2 Å². The average molecular weight is 334 g/mol. The second-order valence-corrected chi connectivity index (χ2v) is 5.98. The Kier molecular flexibility index (Phi) is 4.66. The standard InChI is InChI=1S/C24H18N2/c1-4-10-19(11-5-1)23-16-24(20-12-6-2-7-13-20)26-18-21(23)17-25-22-14-8-3-9-15-22/h1-18H. The Morgan fingerprint density at radius 2 is 1.23 bits per heavy atom. The van der Waals surface area contributed by atoms with Crippen LogP contribution in [0, 0.1) is 0 Å². The van der Waals surface area contributed by atoms with Gasteiger partial charge in [0.2, 0.25) is 0 Å². The molecule has 0 aliphatic rings. The van der Waals surface area contributed by atoms with Crippen molar-refractivity contribution in [1.29, 1.82) is 0 Å². The van der Waals surface area contributed by atoms with E-state index in [0.29, 0.717) is 0 Å². The summed E-state index contributed by atoms with van der Waals surface area (Å²) >= 11 is 0. The van der Waals surface area contributed by atoms with E-state index in [1.54, 1.807) is 0 Å². The van der Waals surface area contributed by atoms with Crippen LogP contribution in [0.1, 0.15) is 5.56 Å². The third-order valence-electron chi connectivity index (χ3n) is 4.20. The maximum absolute atomic E-state index is 4.66. The van der Waals surface area contributed by atoms with E-state index in [2.05, 4.69) is 52.4 Å². The molecule has 4 aromatic rings. The number of benzene rings is 3. The molecule has 2 nitrogen and oxygen atoms in total. The van der Waals surface area contributed by atoms with Crippen LogP contribution in [-0.2, 0) is 0 Å². The van der Waals surface area contributed by atoms with Gasteiger partial charge in [-0.1, -0.05) is 78.9 Å². The largest absolute Gasteiger partial charge is 0.256 e. The third kappa shape index (κ3) is 3.60. The molecule has 0 amide bonds. The summed E-state index contributed by atoms with van der Waals surface area (Å²) in [5.74, 6) is 0. The van der Waals surface area contributed by atoms with Gasteiger partial charge in [0.15, 0.2) is 0 Å². The Balaban J connectivity index is 1.79. The van der Waals surface area contributed by atoms with Crippen LogP contribution in [0.25, 0.3) is 22.4 Å². The zero-order valence-electron chi connectivity index (χ0n) is 14.3. The first-order chi connectivity index (χ1) is 12.9. The smallest absolute Gasteiger partial charge is 0.0708 e. The molecule has 0 saturated carbocycles. The van der Waals surface area contributed by atoms with Gasteiger partial charge >= 0.3 is 0 Å². The molecule has 0 N–H and O–H groups in total. The van der Waals surface area contributed by atoms with Crippen molar-refractivity contribution in [2.75, 3.05) is 0 Å². The molecular weight excluding hydrogens is 316 g/mol. The summed E-state index contributed by atoms with van der Waals surface area (Å²) in [6.45, 7) is 0. The fraction of sp³-hybridized carbons (Fsp3) is 0. The highest BCUT2D eigenvalue weighted by Gasteiger charge is 2.07. The van der Waals surface area contributed by atoms with E-state index in [-0.39, 0.29) is 0 Å². The van der Waals surface area contributed by atoms with E-state index >= 15 is 0 Å². The van der Waals surface area contributed by atoms with Crippen molar-refractivity contribution in [2.45, 2.75) is 0 Å². The molecule has 0 unspecified atom stereocenters. The summed E-state index contributed by atoms with van der Waals surface area (Å²) in [4.78, 5) is 9.26. The van der Waals surface area contributed by atoms with E-state index in [1.165, 1.54) is 0 Å². The fourth-order valence-corrected chi connectivity index (χ4v) is 2.86. The van der Waals surface area contributed by atoms with Crippen LogP contribution in [-0.4, -0.2) is 11.2 Å². The Hall–Kier alpha value is -3.52. The van der Waals surface area contributed by atoms with Crippen molar-refractivity contribution in [3.63, 3.8) is 0 Å². The molecule has 0 atom stereocenters. The van der Waals surface area contributed by atoms with Crippen LogP contribution >= 0.6 is 0 Å². The predicted molar refractivity (Wildman–Crippen MR) is 109 cm³/mol. The minimum atomic E-state index is 0.929. The molecule has 0 spiro atoms. The average Bonchev–Trinajstić information content (AvgIpc) is 2.74. The molecule has 0 bridgehead atoms. The predicted octanol–water partition coefficient (Wildman–Crippen LogP) is 6.17. The first kappa shape index (κ1) is 16.0. The van der Waals surface area contributed by atoms with Gasteiger partial charge < -0.3 is 0 Å². The molecular formula is C24H18N2. The summed E-state index contributed by atoms with van der Waals surface area (Å²) in [6, 6.07) is 32.7. The summed E-state index contributed by atoms with van der Waals surface area (Å²) in [5, 5.41) is 0. The Labute approximate surface area is 153 Å². The van der Waals surface area contributed by atoms with Gasteiger partial charge in [-0.15, -0.1) is 0 Å². The molecule has 0 aliphatic carbocycles. The lowest BCUT2D eigenvalue weighted by molar-refractivity contribution is 1.31.